The van der Waals surface area contributed by atoms with Crippen molar-refractivity contribution < 1.29 is 4.74 Å². The smallest absolute Gasteiger partial charge is 0.0842 e. The highest BCUT2D eigenvalue weighted by atomic mass is 16.5. The molecule has 0 heterocycles. The molecule has 0 spiro atoms. The quantitative estimate of drug-likeness (QED) is 0.256. The lowest BCUT2D eigenvalue weighted by atomic mass is 9.85. The fourth-order valence-corrected chi connectivity index (χ4v) is 3.32. The summed E-state index contributed by atoms with van der Waals surface area (Å²) in [6, 6.07) is 0.271. The lowest BCUT2D eigenvalue weighted by Crippen LogP contribution is -2.54. The first-order valence-electron chi connectivity index (χ1n) is 9.30. The van der Waals surface area contributed by atoms with Crippen LogP contribution in [-0.2, 0) is 4.74 Å². The van der Waals surface area contributed by atoms with Crippen molar-refractivity contribution in [2.45, 2.75) is 110 Å². The summed E-state index contributed by atoms with van der Waals surface area (Å²) in [5.74, 6) is 5.81. The van der Waals surface area contributed by atoms with Gasteiger partial charge >= 0.3 is 0 Å². The van der Waals surface area contributed by atoms with Crippen LogP contribution in [0.25, 0.3) is 0 Å². The molecule has 3 nitrogen and oxygen atoms in total. The predicted octanol–water partition coefficient (Wildman–Crippen LogP) is 4.94. The zero-order chi connectivity index (χ0) is 16.0. The highest BCUT2D eigenvalue weighted by Gasteiger charge is 2.35. The number of hydrogen-bond donors (Lipinski definition) is 2. The van der Waals surface area contributed by atoms with Gasteiger partial charge in [-0.15, -0.1) is 0 Å². The Morgan fingerprint density at radius 3 is 1.81 bits per heavy atom. The Morgan fingerprint density at radius 2 is 1.38 bits per heavy atom. The van der Waals surface area contributed by atoms with E-state index in [4.69, 9.17) is 10.6 Å². The second-order valence-corrected chi connectivity index (χ2v) is 6.19. The number of hydrazine groups is 1. The van der Waals surface area contributed by atoms with E-state index in [0.717, 1.165) is 25.9 Å². The van der Waals surface area contributed by atoms with Crippen molar-refractivity contribution in [3.8, 4) is 0 Å². The van der Waals surface area contributed by atoms with E-state index in [1.54, 1.807) is 0 Å². The molecule has 3 N–H and O–H groups in total. The minimum atomic E-state index is -0.0926. The number of hydrogen-bond acceptors (Lipinski definition) is 3. The molecule has 0 aromatic heterocycles. The van der Waals surface area contributed by atoms with Gasteiger partial charge in [-0.25, -0.2) is 0 Å². The van der Waals surface area contributed by atoms with E-state index < -0.39 is 0 Å². The van der Waals surface area contributed by atoms with Crippen molar-refractivity contribution >= 4 is 0 Å². The van der Waals surface area contributed by atoms with Crippen LogP contribution in [0.3, 0.4) is 0 Å². The zero-order valence-corrected chi connectivity index (χ0v) is 15.0. The monoisotopic (exact) mass is 300 g/mol. The number of ether oxygens (including phenoxy) is 1. The van der Waals surface area contributed by atoms with E-state index in [1.807, 2.05) is 0 Å². The van der Waals surface area contributed by atoms with Crippen LogP contribution in [0.2, 0.25) is 0 Å². The maximum absolute atomic E-state index is 6.06. The minimum Gasteiger partial charge on any atom is -0.374 e. The molecule has 1 unspecified atom stereocenters. The molecule has 0 aromatic carbocycles. The number of nitrogens with one attached hydrogen (secondary N) is 1. The summed E-state index contributed by atoms with van der Waals surface area (Å²) in [5.41, 5.74) is 2.93. The third kappa shape index (κ3) is 8.18. The highest BCUT2D eigenvalue weighted by Crippen LogP contribution is 2.28. The third-order valence-electron chi connectivity index (χ3n) is 4.81. The average Bonchev–Trinajstić information content (AvgIpc) is 2.52. The van der Waals surface area contributed by atoms with Crippen LogP contribution in [0.15, 0.2) is 0 Å². The fourth-order valence-electron chi connectivity index (χ4n) is 3.32. The third-order valence-corrected chi connectivity index (χ3v) is 4.81. The molecule has 0 rings (SSSR count). The van der Waals surface area contributed by atoms with E-state index in [9.17, 15) is 0 Å². The van der Waals surface area contributed by atoms with Crippen molar-refractivity contribution in [3.63, 3.8) is 0 Å². The second-order valence-electron chi connectivity index (χ2n) is 6.19. The minimum absolute atomic E-state index is 0.0926. The normalized spacial score (nSPS) is 13.6. The lowest BCUT2D eigenvalue weighted by molar-refractivity contribution is -0.0742. The van der Waals surface area contributed by atoms with Crippen molar-refractivity contribution in [2.75, 3.05) is 6.61 Å². The molecule has 1 atom stereocenters. The summed E-state index contributed by atoms with van der Waals surface area (Å²) in [6.07, 6.45) is 14.0. The molecule has 0 aliphatic heterocycles. The van der Waals surface area contributed by atoms with Crippen molar-refractivity contribution in [3.05, 3.63) is 0 Å². The van der Waals surface area contributed by atoms with Gasteiger partial charge in [-0.1, -0.05) is 72.1 Å². The van der Waals surface area contributed by atoms with Gasteiger partial charge < -0.3 is 4.74 Å². The van der Waals surface area contributed by atoms with Crippen molar-refractivity contribution in [1.29, 1.82) is 0 Å². The van der Waals surface area contributed by atoms with Gasteiger partial charge in [0.15, 0.2) is 0 Å². The Bertz CT molecular complexity index is 217. The summed E-state index contributed by atoms with van der Waals surface area (Å²) in [6.45, 7) is 9.52. The number of nitrogens with two attached hydrogens (primary N) is 1. The van der Waals surface area contributed by atoms with Crippen LogP contribution in [0.1, 0.15) is 98.3 Å². The molecule has 0 saturated carbocycles. The van der Waals surface area contributed by atoms with E-state index in [-0.39, 0.29) is 11.6 Å². The van der Waals surface area contributed by atoms with Gasteiger partial charge in [-0.2, -0.15) is 0 Å². The van der Waals surface area contributed by atoms with E-state index in [1.165, 1.54) is 51.4 Å². The standard InChI is InChI=1S/C18H40N2O/c1-5-9-10-11-12-13-14-15-16-17(20-19)18(6-2,7-3)21-8-4/h17,20H,5-16,19H2,1-4H3. The van der Waals surface area contributed by atoms with Gasteiger partial charge in [-0.3, -0.25) is 11.3 Å². The highest BCUT2D eigenvalue weighted by molar-refractivity contribution is 4.90. The Labute approximate surface area is 133 Å². The second kappa shape index (κ2) is 13.5. The maximum atomic E-state index is 6.06. The van der Waals surface area contributed by atoms with Crippen LogP contribution >= 0.6 is 0 Å². The zero-order valence-electron chi connectivity index (χ0n) is 15.0. The van der Waals surface area contributed by atoms with E-state index in [2.05, 4.69) is 33.1 Å². The van der Waals surface area contributed by atoms with Crippen molar-refractivity contribution in [2.24, 2.45) is 5.84 Å². The molecule has 0 radical (unpaired) electrons. The van der Waals surface area contributed by atoms with Gasteiger partial charge in [0.05, 0.1) is 11.6 Å². The van der Waals surface area contributed by atoms with Gasteiger partial charge in [0, 0.05) is 6.61 Å². The van der Waals surface area contributed by atoms with Gasteiger partial charge in [-0.05, 0) is 26.2 Å². The fraction of sp³-hybridized carbons (Fsp3) is 1.00. The SMILES string of the molecule is CCCCCCCCCCC(NN)C(CC)(CC)OCC. The first kappa shape index (κ1) is 20.9. The molecule has 128 valence electrons. The first-order chi connectivity index (χ1) is 10.2. The summed E-state index contributed by atoms with van der Waals surface area (Å²) < 4.78 is 6.06. The van der Waals surface area contributed by atoms with Gasteiger partial charge in [0.2, 0.25) is 0 Å². The van der Waals surface area contributed by atoms with Crippen LogP contribution in [0.5, 0.6) is 0 Å². The van der Waals surface area contributed by atoms with Gasteiger partial charge in [0.1, 0.15) is 0 Å². The predicted molar refractivity (Wildman–Crippen MR) is 93.3 cm³/mol. The maximum Gasteiger partial charge on any atom is 0.0842 e. The topological polar surface area (TPSA) is 47.3 Å². The molecular formula is C18H40N2O. The number of rotatable bonds is 15. The Balaban J connectivity index is 3.97. The molecule has 0 amide bonds. The molecule has 3 heteroatoms. The molecule has 0 aliphatic rings. The molecule has 0 aliphatic carbocycles. The Morgan fingerprint density at radius 1 is 0.857 bits per heavy atom. The Kier molecular flexibility index (Phi) is 13.5. The number of unbranched alkanes of at least 4 members (excludes halogenated alkanes) is 7. The first-order valence-corrected chi connectivity index (χ1v) is 9.30. The molecule has 0 bridgehead atoms. The average molecular weight is 301 g/mol. The van der Waals surface area contributed by atoms with Crippen LogP contribution in [0, 0.1) is 0 Å². The molecule has 21 heavy (non-hydrogen) atoms. The van der Waals surface area contributed by atoms with E-state index in [0.29, 0.717) is 0 Å². The molecule has 0 fully saturated rings. The van der Waals surface area contributed by atoms with Crippen molar-refractivity contribution in [1.82, 2.24) is 5.43 Å². The van der Waals surface area contributed by atoms with Crippen LogP contribution < -0.4 is 11.3 Å². The summed E-state index contributed by atoms with van der Waals surface area (Å²) in [4.78, 5) is 0. The van der Waals surface area contributed by atoms with Gasteiger partial charge in [0.25, 0.3) is 0 Å². The summed E-state index contributed by atoms with van der Waals surface area (Å²) in [7, 11) is 0. The van der Waals surface area contributed by atoms with E-state index >= 15 is 0 Å². The summed E-state index contributed by atoms with van der Waals surface area (Å²) in [5, 5.41) is 0. The Hall–Kier alpha value is -0.120. The summed E-state index contributed by atoms with van der Waals surface area (Å²) >= 11 is 0. The molecule has 0 saturated heterocycles. The van der Waals surface area contributed by atoms with Crippen LogP contribution in [-0.4, -0.2) is 18.2 Å². The van der Waals surface area contributed by atoms with Crippen LogP contribution in [0.4, 0.5) is 0 Å². The lowest BCUT2D eigenvalue weighted by Gasteiger charge is -2.39. The molecular weight excluding hydrogens is 260 g/mol. The molecule has 0 aromatic rings. The largest absolute Gasteiger partial charge is 0.374 e.